The van der Waals surface area contributed by atoms with E-state index in [2.05, 4.69) is 15.5 Å². The maximum Gasteiger partial charge on any atom is 0.261 e. The zero-order chi connectivity index (χ0) is 14.1. The first kappa shape index (κ1) is 13.1. The summed E-state index contributed by atoms with van der Waals surface area (Å²) in [4.78, 5) is 3.99. The lowest BCUT2D eigenvalue weighted by Crippen LogP contribution is -2.35. The van der Waals surface area contributed by atoms with Crippen molar-refractivity contribution < 1.29 is 22.4 Å². The van der Waals surface area contributed by atoms with Crippen LogP contribution in [0, 0.1) is 17.5 Å². The third kappa shape index (κ3) is 2.27. The minimum absolute atomic E-state index is 0.205. The van der Waals surface area contributed by atoms with E-state index in [4.69, 9.17) is 9.26 Å². The Balaban J connectivity index is 1.92. The van der Waals surface area contributed by atoms with Crippen LogP contribution in [0.1, 0.15) is 11.9 Å². The first-order chi connectivity index (χ1) is 9.66. The molecule has 20 heavy (non-hydrogen) atoms. The molecule has 1 aliphatic heterocycles. The van der Waals surface area contributed by atoms with Gasteiger partial charge in [0.1, 0.15) is 0 Å². The second-order valence-corrected chi connectivity index (χ2v) is 4.26. The van der Waals surface area contributed by atoms with Crippen LogP contribution in [-0.2, 0) is 4.74 Å². The van der Waals surface area contributed by atoms with E-state index in [0.29, 0.717) is 19.8 Å². The summed E-state index contributed by atoms with van der Waals surface area (Å²) in [6.07, 6.45) is 0. The minimum Gasteiger partial charge on any atom is -0.378 e. The first-order valence-corrected chi connectivity index (χ1v) is 5.95. The molecule has 5 nitrogen and oxygen atoms in total. The van der Waals surface area contributed by atoms with E-state index < -0.39 is 17.5 Å². The molecule has 1 aliphatic rings. The van der Waals surface area contributed by atoms with Crippen LogP contribution in [-0.4, -0.2) is 29.9 Å². The lowest BCUT2D eigenvalue weighted by molar-refractivity contribution is 0.0734. The molecule has 0 bridgehead atoms. The molecule has 1 fully saturated rings. The van der Waals surface area contributed by atoms with Gasteiger partial charge in [0.15, 0.2) is 23.3 Å². The summed E-state index contributed by atoms with van der Waals surface area (Å²) >= 11 is 0. The second kappa shape index (κ2) is 5.22. The van der Waals surface area contributed by atoms with Crippen LogP contribution in [0.2, 0.25) is 0 Å². The number of aromatic nitrogens is 2. The Bertz CT molecular complexity index is 626. The maximum atomic E-state index is 13.6. The van der Waals surface area contributed by atoms with Crippen LogP contribution >= 0.6 is 0 Å². The summed E-state index contributed by atoms with van der Waals surface area (Å²) in [6, 6.07) is 1.59. The van der Waals surface area contributed by atoms with Crippen molar-refractivity contribution in [2.24, 2.45) is 0 Å². The SMILES string of the molecule is Fc1ccc(-c2nc(C3COCCN3)no2)c(F)c1F. The molecule has 1 aromatic heterocycles. The lowest BCUT2D eigenvalue weighted by Gasteiger charge is -2.20. The Morgan fingerprint density at radius 3 is 2.80 bits per heavy atom. The number of benzene rings is 1. The van der Waals surface area contributed by atoms with Gasteiger partial charge in [0.05, 0.1) is 24.8 Å². The Kier molecular flexibility index (Phi) is 3.41. The van der Waals surface area contributed by atoms with Gasteiger partial charge in [-0.05, 0) is 12.1 Å². The molecule has 0 radical (unpaired) electrons. The number of nitrogens with one attached hydrogen (secondary N) is 1. The van der Waals surface area contributed by atoms with E-state index in [0.717, 1.165) is 12.1 Å². The third-order valence-electron chi connectivity index (χ3n) is 2.94. The van der Waals surface area contributed by atoms with Gasteiger partial charge in [0, 0.05) is 6.54 Å². The zero-order valence-electron chi connectivity index (χ0n) is 10.2. The van der Waals surface area contributed by atoms with Crippen LogP contribution < -0.4 is 5.32 Å². The Hall–Kier alpha value is -1.93. The molecule has 3 rings (SSSR count). The number of hydrogen-bond donors (Lipinski definition) is 1. The molecule has 1 saturated heterocycles. The van der Waals surface area contributed by atoms with Gasteiger partial charge in [-0.1, -0.05) is 5.16 Å². The van der Waals surface area contributed by atoms with Gasteiger partial charge in [-0.15, -0.1) is 0 Å². The number of rotatable bonds is 2. The van der Waals surface area contributed by atoms with Crippen LogP contribution in [0.15, 0.2) is 16.7 Å². The predicted octanol–water partition coefficient (Wildman–Crippen LogP) is 1.81. The minimum atomic E-state index is -1.57. The number of ether oxygens (including phenoxy) is 1. The summed E-state index contributed by atoms with van der Waals surface area (Å²) in [6.45, 7) is 1.58. The summed E-state index contributed by atoms with van der Waals surface area (Å²) < 4.78 is 49.8. The average Bonchev–Trinajstić information content (AvgIpc) is 2.95. The fraction of sp³-hybridized carbons (Fsp3) is 0.333. The van der Waals surface area contributed by atoms with Crippen molar-refractivity contribution in [2.75, 3.05) is 19.8 Å². The van der Waals surface area contributed by atoms with Crippen molar-refractivity contribution in [1.82, 2.24) is 15.5 Å². The van der Waals surface area contributed by atoms with Crippen LogP contribution in [0.25, 0.3) is 11.5 Å². The summed E-state index contributed by atoms with van der Waals surface area (Å²) in [5.41, 5.74) is -0.278. The van der Waals surface area contributed by atoms with Crippen LogP contribution in [0.4, 0.5) is 13.2 Å². The van der Waals surface area contributed by atoms with Crippen molar-refractivity contribution in [3.63, 3.8) is 0 Å². The smallest absolute Gasteiger partial charge is 0.261 e. The van der Waals surface area contributed by atoms with Crippen LogP contribution in [0.3, 0.4) is 0 Å². The standard InChI is InChI=1S/C12H10F3N3O2/c13-7-2-1-6(9(14)10(7)15)12-17-11(18-20-12)8-5-19-4-3-16-8/h1-2,8,16H,3-5H2. The number of hydrogen-bond acceptors (Lipinski definition) is 5. The van der Waals surface area contributed by atoms with E-state index in [1.54, 1.807) is 0 Å². The average molecular weight is 285 g/mol. The number of nitrogens with zero attached hydrogens (tertiary/aromatic N) is 2. The quantitative estimate of drug-likeness (QED) is 0.853. The van der Waals surface area contributed by atoms with E-state index in [1.807, 2.05) is 0 Å². The van der Waals surface area contributed by atoms with Gasteiger partial charge in [-0.2, -0.15) is 4.98 Å². The van der Waals surface area contributed by atoms with Crippen molar-refractivity contribution in [3.8, 4) is 11.5 Å². The van der Waals surface area contributed by atoms with Crippen molar-refractivity contribution in [2.45, 2.75) is 6.04 Å². The van der Waals surface area contributed by atoms with Crippen molar-refractivity contribution in [3.05, 3.63) is 35.4 Å². The maximum absolute atomic E-state index is 13.6. The Morgan fingerprint density at radius 2 is 2.05 bits per heavy atom. The highest BCUT2D eigenvalue weighted by atomic mass is 19.2. The molecule has 106 valence electrons. The Morgan fingerprint density at radius 1 is 1.20 bits per heavy atom. The summed E-state index contributed by atoms with van der Waals surface area (Å²) in [5.74, 6) is -4.12. The van der Waals surface area contributed by atoms with E-state index in [9.17, 15) is 13.2 Å². The molecule has 2 aromatic rings. The van der Waals surface area contributed by atoms with Gasteiger partial charge in [-0.3, -0.25) is 0 Å². The summed E-state index contributed by atoms with van der Waals surface area (Å²) in [7, 11) is 0. The molecule has 1 unspecified atom stereocenters. The molecular weight excluding hydrogens is 275 g/mol. The molecule has 1 N–H and O–H groups in total. The van der Waals surface area contributed by atoms with Gasteiger partial charge in [0.25, 0.3) is 5.89 Å². The zero-order valence-corrected chi connectivity index (χ0v) is 10.2. The Labute approximate surface area is 111 Å². The summed E-state index contributed by atoms with van der Waals surface area (Å²) in [5, 5.41) is 6.80. The molecule has 0 aliphatic carbocycles. The topological polar surface area (TPSA) is 60.2 Å². The molecule has 0 spiro atoms. The number of morpholine rings is 1. The molecule has 0 amide bonds. The molecule has 0 saturated carbocycles. The third-order valence-corrected chi connectivity index (χ3v) is 2.94. The highest BCUT2D eigenvalue weighted by Crippen LogP contribution is 2.25. The van der Waals surface area contributed by atoms with Crippen LogP contribution in [0.5, 0.6) is 0 Å². The molecule has 1 atom stereocenters. The number of halogens is 3. The van der Waals surface area contributed by atoms with E-state index >= 15 is 0 Å². The fourth-order valence-electron chi connectivity index (χ4n) is 1.91. The predicted molar refractivity (Wildman–Crippen MR) is 61.2 cm³/mol. The van der Waals surface area contributed by atoms with Gasteiger partial charge in [-0.25, -0.2) is 13.2 Å². The second-order valence-electron chi connectivity index (χ2n) is 4.26. The fourth-order valence-corrected chi connectivity index (χ4v) is 1.91. The lowest BCUT2D eigenvalue weighted by atomic mass is 10.2. The van der Waals surface area contributed by atoms with E-state index in [-0.39, 0.29) is 23.3 Å². The van der Waals surface area contributed by atoms with Crippen molar-refractivity contribution >= 4 is 0 Å². The monoisotopic (exact) mass is 285 g/mol. The molecule has 2 heterocycles. The molecular formula is C12H10F3N3O2. The normalized spacial score (nSPS) is 19.2. The molecule has 1 aromatic carbocycles. The van der Waals surface area contributed by atoms with Gasteiger partial charge >= 0.3 is 0 Å². The van der Waals surface area contributed by atoms with Crippen molar-refractivity contribution in [1.29, 1.82) is 0 Å². The van der Waals surface area contributed by atoms with E-state index in [1.165, 1.54) is 0 Å². The highest BCUT2D eigenvalue weighted by Gasteiger charge is 2.24. The molecule has 8 heteroatoms. The van der Waals surface area contributed by atoms with Gasteiger partial charge in [0.2, 0.25) is 0 Å². The first-order valence-electron chi connectivity index (χ1n) is 5.95. The highest BCUT2D eigenvalue weighted by molar-refractivity contribution is 5.54. The van der Waals surface area contributed by atoms with Gasteiger partial charge < -0.3 is 14.6 Å². The largest absolute Gasteiger partial charge is 0.378 e.